The summed E-state index contributed by atoms with van der Waals surface area (Å²) in [6, 6.07) is 17.7. The highest BCUT2D eigenvalue weighted by atomic mass is 32.2. The summed E-state index contributed by atoms with van der Waals surface area (Å²) in [5.74, 6) is 0.00507. The van der Waals surface area contributed by atoms with E-state index in [2.05, 4.69) is 20.1 Å². The maximum absolute atomic E-state index is 12.9. The Morgan fingerprint density at radius 1 is 1.12 bits per heavy atom. The van der Waals surface area contributed by atoms with Crippen molar-refractivity contribution in [2.75, 3.05) is 6.54 Å². The molecule has 1 atom stereocenters. The van der Waals surface area contributed by atoms with Gasteiger partial charge in [0.25, 0.3) is 10.0 Å². The van der Waals surface area contributed by atoms with Gasteiger partial charge in [-0.1, -0.05) is 50.1 Å². The van der Waals surface area contributed by atoms with Crippen molar-refractivity contribution in [3.63, 3.8) is 0 Å². The molecule has 0 radical (unpaired) electrons. The fourth-order valence-corrected chi connectivity index (χ4v) is 4.93. The molecule has 1 aliphatic heterocycles. The predicted octanol–water partition coefficient (Wildman–Crippen LogP) is 2.83. The zero-order valence-corrected chi connectivity index (χ0v) is 19.3. The molecule has 0 bridgehead atoms. The first-order chi connectivity index (χ1) is 16.0. The number of rotatable bonds is 9. The molecular formula is C24H27N5O3S. The lowest BCUT2D eigenvalue weighted by molar-refractivity contribution is -0.122. The number of aliphatic imine (C=N–C) groups is 1. The maximum Gasteiger partial charge on any atom is 0.263 e. The number of carbonyl (C=O) groups excluding carboxylic acids is 1. The lowest BCUT2D eigenvalue weighted by atomic mass is 10.1. The van der Waals surface area contributed by atoms with Crippen LogP contribution in [0.15, 0.2) is 76.7 Å². The van der Waals surface area contributed by atoms with E-state index in [1.54, 1.807) is 22.9 Å². The van der Waals surface area contributed by atoms with Gasteiger partial charge in [-0.15, -0.1) is 0 Å². The van der Waals surface area contributed by atoms with Crippen LogP contribution in [0.1, 0.15) is 37.4 Å². The van der Waals surface area contributed by atoms with Crippen molar-refractivity contribution in [2.24, 2.45) is 4.99 Å². The Bertz CT molecular complexity index is 1250. The van der Waals surface area contributed by atoms with Gasteiger partial charge in [-0.05, 0) is 36.8 Å². The smallest absolute Gasteiger partial charge is 0.263 e. The molecule has 0 saturated heterocycles. The van der Waals surface area contributed by atoms with Gasteiger partial charge in [-0.2, -0.15) is 5.10 Å². The molecule has 0 spiro atoms. The largest absolute Gasteiger partial charge is 0.354 e. The first kappa shape index (κ1) is 22.7. The van der Waals surface area contributed by atoms with E-state index in [-0.39, 0.29) is 16.6 Å². The molecule has 4 rings (SSSR count). The molecule has 172 valence electrons. The van der Waals surface area contributed by atoms with Crippen LogP contribution in [-0.2, 0) is 21.2 Å². The van der Waals surface area contributed by atoms with Crippen molar-refractivity contribution >= 4 is 21.8 Å². The third-order valence-electron chi connectivity index (χ3n) is 5.43. The van der Waals surface area contributed by atoms with Crippen molar-refractivity contribution < 1.29 is 13.2 Å². The fraction of sp³-hybridized carbons (Fsp3) is 0.292. The zero-order chi connectivity index (χ0) is 23.3. The van der Waals surface area contributed by atoms with Crippen molar-refractivity contribution in [3.8, 4) is 5.69 Å². The van der Waals surface area contributed by atoms with Crippen LogP contribution in [-0.4, -0.2) is 42.5 Å². The summed E-state index contributed by atoms with van der Waals surface area (Å²) in [6.07, 6.45) is 4.74. The molecule has 2 N–H and O–H groups in total. The molecule has 9 heteroatoms. The van der Waals surface area contributed by atoms with Crippen molar-refractivity contribution in [1.29, 1.82) is 0 Å². The number of benzene rings is 2. The molecule has 0 fully saturated rings. The van der Waals surface area contributed by atoms with Gasteiger partial charge < -0.3 is 5.32 Å². The minimum Gasteiger partial charge on any atom is -0.354 e. The van der Waals surface area contributed by atoms with E-state index in [9.17, 15) is 13.2 Å². The number of sulfonamides is 1. The number of nitrogens with zero attached hydrogens (tertiary/aromatic N) is 3. The van der Waals surface area contributed by atoms with E-state index in [4.69, 9.17) is 0 Å². The number of hydrogen-bond acceptors (Lipinski definition) is 5. The number of para-hydroxylation sites is 1. The highest BCUT2D eigenvalue weighted by molar-refractivity contribution is 7.90. The van der Waals surface area contributed by atoms with Crippen LogP contribution in [0.5, 0.6) is 0 Å². The molecule has 0 aliphatic carbocycles. The summed E-state index contributed by atoms with van der Waals surface area (Å²) >= 11 is 0. The second kappa shape index (κ2) is 9.99. The monoisotopic (exact) mass is 465 g/mol. The van der Waals surface area contributed by atoms with Crippen LogP contribution in [0.4, 0.5) is 0 Å². The number of fused-ring (bicyclic) bond motifs is 1. The van der Waals surface area contributed by atoms with E-state index in [0.717, 1.165) is 24.2 Å². The van der Waals surface area contributed by atoms with Crippen LogP contribution in [0, 0.1) is 0 Å². The minimum absolute atomic E-state index is 0.187. The summed E-state index contributed by atoms with van der Waals surface area (Å²) in [5, 5.41) is 7.49. The Morgan fingerprint density at radius 3 is 2.67 bits per heavy atom. The quantitative estimate of drug-likeness (QED) is 0.507. The normalized spacial score (nSPS) is 16.2. The van der Waals surface area contributed by atoms with Crippen LogP contribution in [0.2, 0.25) is 0 Å². The molecule has 8 nitrogen and oxygen atoms in total. The molecular weight excluding hydrogens is 438 g/mol. The Balaban J connectivity index is 1.42. The van der Waals surface area contributed by atoms with Gasteiger partial charge in [-0.3, -0.25) is 14.5 Å². The number of amidine groups is 1. The van der Waals surface area contributed by atoms with Gasteiger partial charge in [0.2, 0.25) is 5.91 Å². The molecule has 33 heavy (non-hydrogen) atoms. The topological polar surface area (TPSA) is 105 Å². The first-order valence-electron chi connectivity index (χ1n) is 11.1. The average molecular weight is 466 g/mol. The number of carbonyl (C=O) groups is 1. The maximum atomic E-state index is 12.9. The van der Waals surface area contributed by atoms with E-state index in [0.29, 0.717) is 24.9 Å². The van der Waals surface area contributed by atoms with Crippen LogP contribution in [0.3, 0.4) is 0 Å². The number of aromatic nitrogens is 2. The summed E-state index contributed by atoms with van der Waals surface area (Å²) in [7, 11) is -3.64. The van der Waals surface area contributed by atoms with E-state index in [1.165, 1.54) is 6.07 Å². The summed E-state index contributed by atoms with van der Waals surface area (Å²) in [4.78, 5) is 17.6. The first-order valence-corrected chi connectivity index (χ1v) is 12.5. The third kappa shape index (κ3) is 5.31. The number of hydrogen-bond donors (Lipinski definition) is 2. The lowest BCUT2D eigenvalue weighted by Gasteiger charge is -2.13. The van der Waals surface area contributed by atoms with E-state index >= 15 is 0 Å². The molecule has 2 heterocycles. The number of unbranched alkanes of at least 4 members (excludes halogenated alkanes) is 1. The molecule has 0 saturated carbocycles. The van der Waals surface area contributed by atoms with Crippen LogP contribution >= 0.6 is 0 Å². The Hall–Kier alpha value is -3.46. The molecule has 3 aromatic rings. The van der Waals surface area contributed by atoms with Gasteiger partial charge in [0, 0.05) is 24.7 Å². The van der Waals surface area contributed by atoms with Crippen molar-refractivity contribution in [3.05, 3.63) is 78.1 Å². The Labute approximate surface area is 193 Å². The number of nitrogens with one attached hydrogen (secondary N) is 2. The standard InChI is InChI=1S/C24H27N5O3S/c1-2-3-12-21(26-23-20-11-7-8-13-22(20)33(31,32)28-23)24(30)25-16-14-18-15-17-29(27-18)19-9-5-4-6-10-19/h4-11,13,15,17,21H,2-3,12,14,16H2,1H3,(H,25,30)(H,26,28). The van der Waals surface area contributed by atoms with Crippen molar-refractivity contribution in [1.82, 2.24) is 19.8 Å². The van der Waals surface area contributed by atoms with Gasteiger partial charge in [0.05, 0.1) is 16.3 Å². The zero-order valence-electron chi connectivity index (χ0n) is 18.4. The second-order valence-corrected chi connectivity index (χ2v) is 9.52. The lowest BCUT2D eigenvalue weighted by Crippen LogP contribution is -2.36. The number of amides is 1. The van der Waals surface area contributed by atoms with Gasteiger partial charge >= 0.3 is 0 Å². The SMILES string of the molecule is CCCCC(N=C1NS(=O)(=O)c2ccccc21)C(=O)NCCc1ccn(-c2ccccc2)n1. The average Bonchev–Trinajstić information content (AvgIpc) is 3.39. The Morgan fingerprint density at radius 2 is 1.88 bits per heavy atom. The van der Waals surface area contributed by atoms with Crippen molar-refractivity contribution in [2.45, 2.75) is 43.5 Å². The summed E-state index contributed by atoms with van der Waals surface area (Å²) in [6.45, 7) is 2.46. The fourth-order valence-electron chi connectivity index (χ4n) is 3.69. The van der Waals surface area contributed by atoms with Crippen LogP contribution in [0.25, 0.3) is 5.69 Å². The predicted molar refractivity (Wildman–Crippen MR) is 127 cm³/mol. The van der Waals surface area contributed by atoms with E-state index in [1.807, 2.05) is 49.5 Å². The highest BCUT2D eigenvalue weighted by Gasteiger charge is 2.31. The van der Waals surface area contributed by atoms with Gasteiger partial charge in [0.1, 0.15) is 11.9 Å². The van der Waals surface area contributed by atoms with E-state index < -0.39 is 16.1 Å². The minimum atomic E-state index is -3.64. The third-order valence-corrected chi connectivity index (χ3v) is 6.82. The second-order valence-electron chi connectivity index (χ2n) is 7.87. The summed E-state index contributed by atoms with van der Waals surface area (Å²) in [5.41, 5.74) is 2.34. The van der Waals surface area contributed by atoms with Gasteiger partial charge in [-0.25, -0.2) is 13.1 Å². The Kier molecular flexibility index (Phi) is 6.88. The summed E-state index contributed by atoms with van der Waals surface area (Å²) < 4.78 is 29.0. The van der Waals surface area contributed by atoms with Crippen LogP contribution < -0.4 is 10.0 Å². The highest BCUT2D eigenvalue weighted by Crippen LogP contribution is 2.23. The molecule has 1 unspecified atom stereocenters. The molecule has 2 aromatic carbocycles. The molecule has 1 aromatic heterocycles. The molecule has 1 amide bonds. The molecule has 1 aliphatic rings. The van der Waals surface area contributed by atoms with Gasteiger partial charge in [0.15, 0.2) is 0 Å².